The fourth-order valence-electron chi connectivity index (χ4n) is 2.09. The largest absolute Gasteiger partial charge is 0.743 e. The Bertz CT molecular complexity index is 846. The molecule has 1 heterocycles. The van der Waals surface area contributed by atoms with E-state index in [1.807, 2.05) is 0 Å². The van der Waals surface area contributed by atoms with E-state index >= 15 is 0 Å². The van der Waals surface area contributed by atoms with Crippen LogP contribution in [0.3, 0.4) is 0 Å². The Hall–Kier alpha value is -1.33. The van der Waals surface area contributed by atoms with Crippen molar-refractivity contribution in [1.82, 2.24) is 9.21 Å². The van der Waals surface area contributed by atoms with E-state index in [2.05, 4.69) is 0 Å². The third kappa shape index (κ3) is 4.56. The van der Waals surface area contributed by atoms with Crippen LogP contribution in [-0.4, -0.2) is 84.9 Å². The molecule has 0 atom stereocenters. The van der Waals surface area contributed by atoms with Crippen molar-refractivity contribution in [3.05, 3.63) is 0 Å². The van der Waals surface area contributed by atoms with Gasteiger partial charge in [-0.15, -0.1) is 0 Å². The summed E-state index contributed by atoms with van der Waals surface area (Å²) in [4.78, 5) is 12.7. The lowest BCUT2D eigenvalue weighted by molar-refractivity contribution is -0.247. The Morgan fingerprint density at radius 3 is 1.62 bits per heavy atom. The van der Waals surface area contributed by atoms with Gasteiger partial charge in [-0.25, -0.2) is 21.6 Å². The molecule has 29 heavy (non-hydrogen) atoms. The molecule has 0 aromatic carbocycles. The number of hydrogen-bond donors (Lipinski definition) is 0. The van der Waals surface area contributed by atoms with Crippen LogP contribution in [0.25, 0.3) is 0 Å². The first-order valence-corrected chi connectivity index (χ1v) is 10.5. The van der Waals surface area contributed by atoms with Gasteiger partial charge in [-0.3, -0.25) is 0 Å². The Kier molecular flexibility index (Phi) is 6.58. The SMILES string of the molecule is CC(C)(C)OC(=O)N1CCN(S(=O)(=O)C(F)(F)C(F)(F)C(F)(F)S(=O)(=O)[O-])CC1. The Morgan fingerprint density at radius 1 is 0.862 bits per heavy atom. The average Bonchev–Trinajstić information content (AvgIpc) is 2.51. The molecule has 0 aromatic rings. The minimum absolute atomic E-state index is 0.310. The number of nitrogens with zero attached hydrogens (tertiary/aromatic N) is 2. The molecule has 0 spiro atoms. The molecule has 9 nitrogen and oxygen atoms in total. The number of alkyl halides is 6. The minimum Gasteiger partial charge on any atom is -0.743 e. The first-order chi connectivity index (χ1) is 12.6. The number of sulfonamides is 1. The summed E-state index contributed by atoms with van der Waals surface area (Å²) in [6.07, 6.45) is -0.962. The number of rotatable bonds is 5. The highest BCUT2D eigenvalue weighted by Crippen LogP contribution is 2.51. The molecule has 0 aromatic heterocycles. The van der Waals surface area contributed by atoms with Crippen molar-refractivity contribution >= 4 is 26.2 Å². The fraction of sp³-hybridized carbons (Fsp3) is 0.917. The number of carbonyl (C=O) groups is 1. The van der Waals surface area contributed by atoms with E-state index in [1.165, 1.54) is 20.8 Å². The van der Waals surface area contributed by atoms with Crippen LogP contribution in [0.1, 0.15) is 20.8 Å². The first-order valence-electron chi connectivity index (χ1n) is 7.66. The van der Waals surface area contributed by atoms with Crippen molar-refractivity contribution in [3.63, 3.8) is 0 Å². The quantitative estimate of drug-likeness (QED) is 0.429. The Labute approximate surface area is 162 Å². The van der Waals surface area contributed by atoms with E-state index in [4.69, 9.17) is 4.74 Å². The number of halogens is 6. The molecule has 17 heteroatoms. The van der Waals surface area contributed by atoms with Crippen molar-refractivity contribution in [2.45, 2.75) is 42.8 Å². The highest BCUT2D eigenvalue weighted by Gasteiger charge is 2.80. The maximum atomic E-state index is 13.9. The molecule has 0 saturated carbocycles. The molecular weight excluding hydrogens is 462 g/mol. The smallest absolute Gasteiger partial charge is 0.428 e. The second kappa shape index (κ2) is 7.42. The van der Waals surface area contributed by atoms with Crippen LogP contribution in [0.15, 0.2) is 0 Å². The molecule has 1 fully saturated rings. The summed E-state index contributed by atoms with van der Waals surface area (Å²) in [5.74, 6) is -7.07. The van der Waals surface area contributed by atoms with Gasteiger partial charge < -0.3 is 14.2 Å². The van der Waals surface area contributed by atoms with Crippen LogP contribution in [0, 0.1) is 0 Å². The van der Waals surface area contributed by atoms with Gasteiger partial charge in [-0.05, 0) is 20.8 Å². The van der Waals surface area contributed by atoms with Gasteiger partial charge in [0, 0.05) is 26.2 Å². The van der Waals surface area contributed by atoms with Gasteiger partial charge in [0.05, 0.1) is 0 Å². The number of amides is 1. The third-order valence-corrected chi connectivity index (χ3v) is 6.43. The van der Waals surface area contributed by atoms with Crippen LogP contribution < -0.4 is 0 Å². The highest BCUT2D eigenvalue weighted by molar-refractivity contribution is 7.90. The molecule has 1 aliphatic rings. The summed E-state index contributed by atoms with van der Waals surface area (Å²) in [5, 5.41) is -13.6. The lowest BCUT2D eigenvalue weighted by atomic mass is 10.2. The van der Waals surface area contributed by atoms with E-state index in [0.717, 1.165) is 4.90 Å². The van der Waals surface area contributed by atoms with Crippen LogP contribution in [0.2, 0.25) is 0 Å². The Morgan fingerprint density at radius 2 is 1.28 bits per heavy atom. The molecule has 1 aliphatic heterocycles. The molecule has 172 valence electrons. The Balaban J connectivity index is 3.10. The molecule has 0 aliphatic carbocycles. The predicted octanol–water partition coefficient (Wildman–Crippen LogP) is 1.24. The minimum atomic E-state index is -7.34. The summed E-state index contributed by atoms with van der Waals surface area (Å²) < 4.78 is 140. The van der Waals surface area contributed by atoms with Gasteiger partial charge in [0.2, 0.25) is 0 Å². The first kappa shape index (κ1) is 25.7. The molecular formula is C12H17F6N2O7S2-. The van der Waals surface area contributed by atoms with Crippen molar-refractivity contribution in [2.24, 2.45) is 0 Å². The summed E-state index contributed by atoms with van der Waals surface area (Å²) in [5.41, 5.74) is -0.954. The molecule has 0 radical (unpaired) electrons. The molecule has 1 saturated heterocycles. The summed E-state index contributed by atoms with van der Waals surface area (Å²) in [6.45, 7) is 1.29. The normalized spacial score (nSPS) is 18.6. The predicted molar refractivity (Wildman–Crippen MR) is 82.8 cm³/mol. The molecule has 0 N–H and O–H groups in total. The van der Waals surface area contributed by atoms with E-state index < -0.39 is 74.4 Å². The van der Waals surface area contributed by atoms with Crippen LogP contribution in [-0.2, 0) is 24.9 Å². The van der Waals surface area contributed by atoms with E-state index in [-0.39, 0.29) is 4.31 Å². The third-order valence-electron chi connectivity index (χ3n) is 3.60. The zero-order valence-corrected chi connectivity index (χ0v) is 16.8. The topological polar surface area (TPSA) is 124 Å². The van der Waals surface area contributed by atoms with Gasteiger partial charge in [0.15, 0.2) is 10.1 Å². The zero-order chi connectivity index (χ0) is 23.3. The van der Waals surface area contributed by atoms with Gasteiger partial charge in [-0.1, -0.05) is 0 Å². The molecule has 1 amide bonds. The van der Waals surface area contributed by atoms with Crippen molar-refractivity contribution < 1.29 is 57.3 Å². The second-order valence-corrected chi connectivity index (χ2v) is 10.3. The van der Waals surface area contributed by atoms with Crippen molar-refractivity contribution in [1.29, 1.82) is 0 Å². The summed E-state index contributed by atoms with van der Waals surface area (Å²) >= 11 is 0. The summed E-state index contributed by atoms with van der Waals surface area (Å²) in [6, 6.07) is 0. The van der Waals surface area contributed by atoms with Crippen LogP contribution in [0.5, 0.6) is 0 Å². The average molecular weight is 479 g/mol. The second-order valence-electron chi connectivity index (χ2n) is 6.93. The maximum Gasteiger partial charge on any atom is 0.428 e. The monoisotopic (exact) mass is 479 g/mol. The van der Waals surface area contributed by atoms with Crippen LogP contribution >= 0.6 is 0 Å². The van der Waals surface area contributed by atoms with E-state index in [1.54, 1.807) is 0 Å². The van der Waals surface area contributed by atoms with Gasteiger partial charge in [0.25, 0.3) is 10.0 Å². The molecule has 0 unspecified atom stereocenters. The van der Waals surface area contributed by atoms with Crippen molar-refractivity contribution in [2.75, 3.05) is 26.2 Å². The lowest BCUT2D eigenvalue weighted by Crippen LogP contribution is -2.64. The van der Waals surface area contributed by atoms with Crippen LogP contribution in [0.4, 0.5) is 31.1 Å². The fourth-order valence-corrected chi connectivity index (χ4v) is 4.02. The lowest BCUT2D eigenvalue weighted by Gasteiger charge is -2.39. The highest BCUT2D eigenvalue weighted by atomic mass is 32.2. The number of carbonyl (C=O) groups excluding carboxylic acids is 1. The van der Waals surface area contributed by atoms with E-state index in [0.29, 0.717) is 0 Å². The van der Waals surface area contributed by atoms with Crippen molar-refractivity contribution in [3.8, 4) is 0 Å². The maximum absolute atomic E-state index is 13.9. The summed E-state index contributed by atoms with van der Waals surface area (Å²) in [7, 11) is -13.9. The van der Waals surface area contributed by atoms with E-state index in [9.17, 15) is 52.5 Å². The number of piperazine rings is 1. The zero-order valence-electron chi connectivity index (χ0n) is 15.2. The van der Waals surface area contributed by atoms with Gasteiger partial charge in [-0.2, -0.15) is 30.6 Å². The van der Waals surface area contributed by atoms with Gasteiger partial charge >= 0.3 is 22.5 Å². The molecule has 1 rings (SSSR count). The number of ether oxygens (including phenoxy) is 1. The molecule has 0 bridgehead atoms. The van der Waals surface area contributed by atoms with Gasteiger partial charge in [0.1, 0.15) is 5.60 Å². The standard InChI is InChI=1S/C12H18F6N2O7S2/c1-9(2,3)27-8(21)19-4-6-20(7-5-19)28(22,23)11(15,16)10(13,14)12(17,18)29(24,25)26/h4-7H2,1-3H3,(H,24,25,26)/p-1. The number of hydrogen-bond acceptors (Lipinski definition) is 7.